The lowest BCUT2D eigenvalue weighted by molar-refractivity contribution is -0.145. The van der Waals surface area contributed by atoms with Crippen LogP contribution in [0.15, 0.2) is 51.9 Å². The number of carbonyl (C=O) groups is 1. The van der Waals surface area contributed by atoms with E-state index in [1.807, 2.05) is 4.57 Å². The van der Waals surface area contributed by atoms with Gasteiger partial charge >= 0.3 is 5.97 Å². The van der Waals surface area contributed by atoms with Gasteiger partial charge in [0.1, 0.15) is 11.6 Å². The number of esters is 1. The fourth-order valence-corrected chi connectivity index (χ4v) is 4.20. The van der Waals surface area contributed by atoms with Gasteiger partial charge in [-0.3, -0.25) is 4.79 Å². The highest BCUT2D eigenvalue weighted by Gasteiger charge is 2.19. The molecular formula is C22H22FN5O5S. The zero-order valence-corrected chi connectivity index (χ0v) is 19.5. The normalized spacial score (nSPS) is 11.9. The van der Waals surface area contributed by atoms with E-state index in [1.165, 1.54) is 50.5 Å². The molecule has 0 saturated heterocycles. The predicted molar refractivity (Wildman–Crippen MR) is 119 cm³/mol. The summed E-state index contributed by atoms with van der Waals surface area (Å²) in [6.07, 6.45) is 0.357. The van der Waals surface area contributed by atoms with Crippen molar-refractivity contribution in [3.05, 3.63) is 59.9 Å². The van der Waals surface area contributed by atoms with Crippen molar-refractivity contribution >= 4 is 27.0 Å². The molecule has 12 heteroatoms. The summed E-state index contributed by atoms with van der Waals surface area (Å²) in [5.41, 5.74) is 1.82. The monoisotopic (exact) mass is 487 g/mol. The number of hydrogen-bond acceptors (Lipinski definition) is 8. The first-order valence-corrected chi connectivity index (χ1v) is 11.7. The molecule has 4 aromatic rings. The number of fused-ring (bicyclic) bond motifs is 1. The molecule has 0 aliphatic carbocycles. The third-order valence-corrected chi connectivity index (χ3v) is 7.01. The maximum atomic E-state index is 13.0. The van der Waals surface area contributed by atoms with Gasteiger partial charge in [0.25, 0.3) is 5.89 Å². The van der Waals surface area contributed by atoms with Crippen molar-refractivity contribution in [3.8, 4) is 11.5 Å². The van der Waals surface area contributed by atoms with Crippen LogP contribution in [0, 0.1) is 5.82 Å². The number of ether oxygens (including phenoxy) is 1. The first-order chi connectivity index (χ1) is 16.1. The summed E-state index contributed by atoms with van der Waals surface area (Å²) < 4.78 is 51.0. The van der Waals surface area contributed by atoms with Crippen LogP contribution >= 0.6 is 0 Å². The topological polar surface area (TPSA) is 120 Å². The molecule has 0 amide bonds. The highest BCUT2D eigenvalue weighted by atomic mass is 32.2. The van der Waals surface area contributed by atoms with E-state index in [1.54, 1.807) is 13.1 Å². The van der Waals surface area contributed by atoms with Gasteiger partial charge in [0, 0.05) is 33.1 Å². The first-order valence-electron chi connectivity index (χ1n) is 10.3. The molecule has 0 atom stereocenters. The van der Waals surface area contributed by atoms with Crippen molar-refractivity contribution in [2.75, 3.05) is 14.1 Å². The number of aryl methyl sites for hydroxylation is 2. The van der Waals surface area contributed by atoms with Gasteiger partial charge < -0.3 is 13.8 Å². The van der Waals surface area contributed by atoms with Crippen molar-refractivity contribution < 1.29 is 26.9 Å². The molecule has 0 unspecified atom stereocenters. The second kappa shape index (κ2) is 9.31. The van der Waals surface area contributed by atoms with E-state index >= 15 is 0 Å². The molecule has 2 aromatic heterocycles. The number of nitrogens with zero attached hydrogens (tertiary/aromatic N) is 5. The Morgan fingerprint density at radius 3 is 2.59 bits per heavy atom. The number of rotatable bonds is 8. The average Bonchev–Trinajstić information content (AvgIpc) is 3.41. The quantitative estimate of drug-likeness (QED) is 0.348. The maximum Gasteiger partial charge on any atom is 0.306 e. The molecule has 0 radical (unpaired) electrons. The summed E-state index contributed by atoms with van der Waals surface area (Å²) in [5.74, 6) is 0.143. The maximum absolute atomic E-state index is 13.0. The molecular weight excluding hydrogens is 465 g/mol. The number of sulfonamides is 1. The van der Waals surface area contributed by atoms with Crippen molar-refractivity contribution in [1.82, 2.24) is 24.0 Å². The predicted octanol–water partition coefficient (Wildman–Crippen LogP) is 2.69. The van der Waals surface area contributed by atoms with Crippen LogP contribution in [-0.2, 0) is 39.6 Å². The Kier molecular flexibility index (Phi) is 6.44. The van der Waals surface area contributed by atoms with Crippen LogP contribution in [0.1, 0.15) is 18.1 Å². The van der Waals surface area contributed by atoms with Crippen molar-refractivity contribution in [2.45, 2.75) is 24.3 Å². The summed E-state index contributed by atoms with van der Waals surface area (Å²) in [5, 5.41) is 3.76. The highest BCUT2D eigenvalue weighted by molar-refractivity contribution is 7.89. The highest BCUT2D eigenvalue weighted by Crippen LogP contribution is 2.22. The average molecular weight is 488 g/mol. The summed E-state index contributed by atoms with van der Waals surface area (Å²) in [7, 11) is 1.15. The number of halogens is 1. The van der Waals surface area contributed by atoms with E-state index in [-0.39, 0.29) is 35.5 Å². The number of imidazole rings is 1. The zero-order valence-electron chi connectivity index (χ0n) is 18.7. The van der Waals surface area contributed by atoms with Crippen LogP contribution in [0.3, 0.4) is 0 Å². The second-order valence-corrected chi connectivity index (χ2v) is 9.86. The molecule has 0 N–H and O–H groups in total. The Hall–Kier alpha value is -3.64. The lowest BCUT2D eigenvalue weighted by Gasteiger charge is -2.10. The van der Waals surface area contributed by atoms with E-state index in [2.05, 4.69) is 15.1 Å². The van der Waals surface area contributed by atoms with Gasteiger partial charge in [-0.15, -0.1) is 0 Å². The lowest BCUT2D eigenvalue weighted by atomic mass is 10.2. The Morgan fingerprint density at radius 1 is 1.15 bits per heavy atom. The van der Waals surface area contributed by atoms with Crippen LogP contribution in [0.2, 0.25) is 0 Å². The summed E-state index contributed by atoms with van der Waals surface area (Å²) in [4.78, 5) is 21.0. The Balaban J connectivity index is 1.37. The number of aromatic nitrogens is 4. The largest absolute Gasteiger partial charge is 0.457 e. The van der Waals surface area contributed by atoms with Gasteiger partial charge in [0.15, 0.2) is 6.61 Å². The van der Waals surface area contributed by atoms with E-state index in [9.17, 15) is 17.6 Å². The molecule has 0 bridgehead atoms. The van der Waals surface area contributed by atoms with Gasteiger partial charge in [-0.05, 0) is 42.5 Å². The number of benzene rings is 2. The van der Waals surface area contributed by atoms with Crippen LogP contribution in [-0.4, -0.2) is 52.5 Å². The van der Waals surface area contributed by atoms with E-state index in [4.69, 9.17) is 9.26 Å². The van der Waals surface area contributed by atoms with Crippen LogP contribution in [0.4, 0.5) is 4.39 Å². The SMILES string of the molecule is CN(C)S(=O)(=O)c1ccc2c(c1)nc(CCC(=O)OCc1noc(-c3ccc(F)cc3)n1)n2C. The number of hydrogen-bond donors (Lipinski definition) is 0. The van der Waals surface area contributed by atoms with Gasteiger partial charge in [-0.2, -0.15) is 4.98 Å². The fourth-order valence-electron chi connectivity index (χ4n) is 3.28. The fraction of sp³-hybridized carbons (Fsp3) is 0.273. The zero-order chi connectivity index (χ0) is 24.5. The van der Waals surface area contributed by atoms with Crippen molar-refractivity contribution in [1.29, 1.82) is 0 Å². The molecule has 2 heterocycles. The van der Waals surface area contributed by atoms with Crippen LogP contribution in [0.5, 0.6) is 0 Å². The Morgan fingerprint density at radius 2 is 1.88 bits per heavy atom. The van der Waals surface area contributed by atoms with Gasteiger partial charge in [-0.25, -0.2) is 22.1 Å². The number of carbonyl (C=O) groups excluding carboxylic acids is 1. The standard InChI is InChI=1S/C22H22FN5O5S/c1-27(2)34(30,31)16-8-9-18-17(12-16)24-20(28(18)3)10-11-21(29)32-13-19-25-22(33-26-19)14-4-6-15(23)7-5-14/h4-9,12H,10-11,13H2,1-3H3. The smallest absolute Gasteiger partial charge is 0.306 e. The van der Waals surface area contributed by atoms with E-state index in [0.29, 0.717) is 23.3 Å². The molecule has 0 saturated carbocycles. The second-order valence-electron chi connectivity index (χ2n) is 7.71. The minimum absolute atomic E-state index is 0.0582. The molecule has 0 aliphatic heterocycles. The first kappa shape index (κ1) is 23.5. The third kappa shape index (κ3) is 4.82. The summed E-state index contributed by atoms with van der Waals surface area (Å²) in [6, 6.07) is 10.3. The molecule has 10 nitrogen and oxygen atoms in total. The molecule has 0 spiro atoms. The van der Waals surface area contributed by atoms with Gasteiger partial charge in [0.2, 0.25) is 15.8 Å². The summed E-state index contributed by atoms with van der Waals surface area (Å²) in [6.45, 7) is -0.169. The van der Waals surface area contributed by atoms with Crippen molar-refractivity contribution in [2.24, 2.45) is 7.05 Å². The molecule has 0 fully saturated rings. The third-order valence-electron chi connectivity index (χ3n) is 5.20. The molecule has 178 valence electrons. The van der Waals surface area contributed by atoms with Gasteiger partial charge in [0.05, 0.1) is 22.3 Å². The summed E-state index contributed by atoms with van der Waals surface area (Å²) >= 11 is 0. The van der Waals surface area contributed by atoms with Gasteiger partial charge in [-0.1, -0.05) is 5.16 Å². The molecule has 2 aromatic carbocycles. The van der Waals surface area contributed by atoms with E-state index in [0.717, 1.165) is 9.82 Å². The van der Waals surface area contributed by atoms with Crippen LogP contribution < -0.4 is 0 Å². The minimum atomic E-state index is -3.58. The van der Waals surface area contributed by atoms with Crippen molar-refractivity contribution in [3.63, 3.8) is 0 Å². The molecule has 0 aliphatic rings. The lowest BCUT2D eigenvalue weighted by Crippen LogP contribution is -2.22. The Bertz CT molecular complexity index is 1440. The minimum Gasteiger partial charge on any atom is -0.457 e. The molecule has 4 rings (SSSR count). The van der Waals surface area contributed by atoms with E-state index < -0.39 is 16.0 Å². The van der Waals surface area contributed by atoms with Crippen LogP contribution in [0.25, 0.3) is 22.5 Å². The molecule has 34 heavy (non-hydrogen) atoms. The Labute approximate surface area is 195 Å².